The minimum absolute atomic E-state index is 0.465. The SMILES string of the molecule is CCCCCCCCC(c1ccccc1O)C(C)C. The maximum atomic E-state index is 10.0. The maximum absolute atomic E-state index is 10.0. The van der Waals surface area contributed by atoms with Crippen LogP contribution in [-0.2, 0) is 0 Å². The van der Waals surface area contributed by atoms with Gasteiger partial charge in [0.15, 0.2) is 0 Å². The number of benzene rings is 1. The Kier molecular flexibility index (Phi) is 7.62. The zero-order chi connectivity index (χ0) is 14.1. The molecule has 0 spiro atoms. The van der Waals surface area contributed by atoms with Crippen LogP contribution in [0.1, 0.15) is 77.2 Å². The lowest BCUT2D eigenvalue weighted by molar-refractivity contribution is 0.410. The molecule has 0 amide bonds. The Bertz CT molecular complexity index is 343. The van der Waals surface area contributed by atoms with Crippen molar-refractivity contribution < 1.29 is 5.11 Å². The van der Waals surface area contributed by atoms with Crippen LogP contribution in [-0.4, -0.2) is 5.11 Å². The van der Waals surface area contributed by atoms with Gasteiger partial charge in [-0.1, -0.05) is 77.5 Å². The molecule has 0 saturated heterocycles. The van der Waals surface area contributed by atoms with E-state index >= 15 is 0 Å². The van der Waals surface area contributed by atoms with Crippen LogP contribution < -0.4 is 0 Å². The molecule has 0 heterocycles. The third kappa shape index (κ3) is 5.67. The lowest BCUT2D eigenvalue weighted by Gasteiger charge is -2.22. The van der Waals surface area contributed by atoms with Crippen LogP contribution in [0.3, 0.4) is 0 Å². The molecule has 0 fully saturated rings. The highest BCUT2D eigenvalue weighted by atomic mass is 16.3. The average Bonchev–Trinajstić information content (AvgIpc) is 2.39. The standard InChI is InChI=1S/C18H30O/c1-4-5-6-7-8-9-12-16(15(2)3)17-13-10-11-14-18(17)19/h10-11,13-16,19H,4-9,12H2,1-3H3. The fraction of sp³-hybridized carbons (Fsp3) is 0.667. The van der Waals surface area contributed by atoms with Crippen molar-refractivity contribution in [2.75, 3.05) is 0 Å². The molecule has 1 rings (SSSR count). The molecule has 1 heteroatoms. The van der Waals surface area contributed by atoms with Gasteiger partial charge < -0.3 is 5.11 Å². The smallest absolute Gasteiger partial charge is 0.119 e. The van der Waals surface area contributed by atoms with Gasteiger partial charge in [-0.05, 0) is 29.9 Å². The molecule has 1 unspecified atom stereocenters. The predicted octanol–water partition coefficient (Wildman–Crippen LogP) is 5.88. The van der Waals surface area contributed by atoms with Gasteiger partial charge in [-0.3, -0.25) is 0 Å². The lowest BCUT2D eigenvalue weighted by Crippen LogP contribution is -2.07. The molecule has 1 nitrogen and oxygen atoms in total. The molecular weight excluding hydrogens is 232 g/mol. The third-order valence-corrected chi connectivity index (χ3v) is 4.01. The fourth-order valence-corrected chi connectivity index (χ4v) is 2.79. The summed E-state index contributed by atoms with van der Waals surface area (Å²) in [4.78, 5) is 0. The van der Waals surface area contributed by atoms with E-state index in [1.54, 1.807) is 0 Å². The molecule has 0 aliphatic carbocycles. The number of aromatic hydroxyl groups is 1. The molecule has 0 radical (unpaired) electrons. The summed E-state index contributed by atoms with van der Waals surface area (Å²) in [5.41, 5.74) is 1.13. The van der Waals surface area contributed by atoms with E-state index in [1.807, 2.05) is 18.2 Å². The first kappa shape index (κ1) is 16.1. The summed E-state index contributed by atoms with van der Waals surface area (Å²) in [6, 6.07) is 7.83. The van der Waals surface area contributed by atoms with Crippen molar-refractivity contribution in [2.45, 2.75) is 71.6 Å². The number of rotatable bonds is 9. The number of phenols is 1. The van der Waals surface area contributed by atoms with Gasteiger partial charge >= 0.3 is 0 Å². The molecule has 19 heavy (non-hydrogen) atoms. The fourth-order valence-electron chi connectivity index (χ4n) is 2.79. The van der Waals surface area contributed by atoms with Crippen molar-refractivity contribution in [1.29, 1.82) is 0 Å². The van der Waals surface area contributed by atoms with Gasteiger partial charge in [-0.25, -0.2) is 0 Å². The average molecular weight is 262 g/mol. The van der Waals surface area contributed by atoms with Gasteiger partial charge in [0.1, 0.15) is 5.75 Å². The third-order valence-electron chi connectivity index (χ3n) is 4.01. The van der Waals surface area contributed by atoms with E-state index in [0.29, 0.717) is 17.6 Å². The Morgan fingerprint density at radius 1 is 0.947 bits per heavy atom. The second-order valence-electron chi connectivity index (χ2n) is 5.97. The number of hydrogen-bond acceptors (Lipinski definition) is 1. The Labute approximate surface area is 119 Å². The highest BCUT2D eigenvalue weighted by molar-refractivity contribution is 5.35. The van der Waals surface area contributed by atoms with Crippen molar-refractivity contribution >= 4 is 0 Å². The number of unbranched alkanes of at least 4 members (excludes halogenated alkanes) is 5. The molecule has 0 bridgehead atoms. The molecular formula is C18H30O. The van der Waals surface area contributed by atoms with Gasteiger partial charge in [-0.2, -0.15) is 0 Å². The van der Waals surface area contributed by atoms with Crippen LogP contribution in [0.4, 0.5) is 0 Å². The van der Waals surface area contributed by atoms with Crippen LogP contribution in [0, 0.1) is 5.92 Å². The van der Waals surface area contributed by atoms with Gasteiger partial charge in [0, 0.05) is 0 Å². The number of hydrogen-bond donors (Lipinski definition) is 1. The van der Waals surface area contributed by atoms with Gasteiger partial charge in [-0.15, -0.1) is 0 Å². The van der Waals surface area contributed by atoms with Crippen LogP contribution in [0.5, 0.6) is 5.75 Å². The molecule has 1 N–H and O–H groups in total. The molecule has 0 aliphatic rings. The van der Waals surface area contributed by atoms with Crippen molar-refractivity contribution in [3.63, 3.8) is 0 Å². The first-order chi connectivity index (χ1) is 9.16. The monoisotopic (exact) mass is 262 g/mol. The van der Waals surface area contributed by atoms with Crippen molar-refractivity contribution in [3.8, 4) is 5.75 Å². The molecule has 0 saturated carbocycles. The first-order valence-corrected chi connectivity index (χ1v) is 7.94. The molecule has 0 aromatic heterocycles. The molecule has 1 atom stereocenters. The largest absolute Gasteiger partial charge is 0.508 e. The Balaban J connectivity index is 2.44. The minimum atomic E-state index is 0.465. The summed E-state index contributed by atoms with van der Waals surface area (Å²) >= 11 is 0. The van der Waals surface area contributed by atoms with E-state index in [2.05, 4.69) is 26.8 Å². The lowest BCUT2D eigenvalue weighted by atomic mass is 9.83. The van der Waals surface area contributed by atoms with E-state index in [9.17, 15) is 5.11 Å². The molecule has 108 valence electrons. The number of para-hydroxylation sites is 1. The van der Waals surface area contributed by atoms with E-state index in [4.69, 9.17) is 0 Å². The molecule has 1 aromatic rings. The van der Waals surface area contributed by atoms with E-state index in [-0.39, 0.29) is 0 Å². The quantitative estimate of drug-likeness (QED) is 0.551. The number of phenolic OH excluding ortho intramolecular Hbond substituents is 1. The second-order valence-corrected chi connectivity index (χ2v) is 5.97. The Hall–Kier alpha value is -0.980. The summed E-state index contributed by atoms with van der Waals surface area (Å²) in [5, 5.41) is 10.0. The maximum Gasteiger partial charge on any atom is 0.119 e. The van der Waals surface area contributed by atoms with Gasteiger partial charge in [0.05, 0.1) is 0 Å². The van der Waals surface area contributed by atoms with Gasteiger partial charge in [0.2, 0.25) is 0 Å². The highest BCUT2D eigenvalue weighted by Crippen LogP contribution is 2.35. The van der Waals surface area contributed by atoms with Gasteiger partial charge in [0.25, 0.3) is 0 Å². The first-order valence-electron chi connectivity index (χ1n) is 7.94. The minimum Gasteiger partial charge on any atom is -0.508 e. The van der Waals surface area contributed by atoms with Crippen LogP contribution in [0.25, 0.3) is 0 Å². The molecule has 0 aliphatic heterocycles. The normalized spacial score (nSPS) is 12.8. The van der Waals surface area contributed by atoms with Crippen molar-refractivity contribution in [1.82, 2.24) is 0 Å². The molecule has 1 aromatic carbocycles. The Morgan fingerprint density at radius 2 is 1.58 bits per heavy atom. The summed E-state index contributed by atoms with van der Waals surface area (Å²) in [5.74, 6) is 1.54. The highest BCUT2D eigenvalue weighted by Gasteiger charge is 2.18. The van der Waals surface area contributed by atoms with E-state index in [1.165, 1.54) is 44.9 Å². The van der Waals surface area contributed by atoms with E-state index in [0.717, 1.165) is 5.56 Å². The van der Waals surface area contributed by atoms with Crippen molar-refractivity contribution in [2.24, 2.45) is 5.92 Å². The predicted molar refractivity (Wildman–Crippen MR) is 83.7 cm³/mol. The van der Waals surface area contributed by atoms with E-state index < -0.39 is 0 Å². The topological polar surface area (TPSA) is 20.2 Å². The van der Waals surface area contributed by atoms with Crippen LogP contribution in [0.2, 0.25) is 0 Å². The van der Waals surface area contributed by atoms with Crippen LogP contribution in [0.15, 0.2) is 24.3 Å². The summed E-state index contributed by atoms with van der Waals surface area (Å²) < 4.78 is 0. The summed E-state index contributed by atoms with van der Waals surface area (Å²) in [6.45, 7) is 6.77. The summed E-state index contributed by atoms with van der Waals surface area (Å²) in [6.07, 6.45) is 9.22. The Morgan fingerprint density at radius 3 is 2.21 bits per heavy atom. The zero-order valence-corrected chi connectivity index (χ0v) is 12.9. The van der Waals surface area contributed by atoms with Crippen LogP contribution >= 0.6 is 0 Å². The second kappa shape index (κ2) is 9.01. The zero-order valence-electron chi connectivity index (χ0n) is 12.9. The van der Waals surface area contributed by atoms with Crippen molar-refractivity contribution in [3.05, 3.63) is 29.8 Å². The summed E-state index contributed by atoms with van der Waals surface area (Å²) in [7, 11) is 0.